The Labute approximate surface area is 145 Å². The normalized spacial score (nSPS) is 19.9. The van der Waals surface area contributed by atoms with Gasteiger partial charge in [0.05, 0.1) is 19.3 Å². The molecule has 2 N–H and O–H groups in total. The molecule has 0 bridgehead atoms. The van der Waals surface area contributed by atoms with E-state index in [9.17, 15) is 9.90 Å². The van der Waals surface area contributed by atoms with Crippen molar-refractivity contribution in [3.8, 4) is 0 Å². The van der Waals surface area contributed by atoms with E-state index in [1.807, 2.05) is 31.2 Å². The van der Waals surface area contributed by atoms with Gasteiger partial charge in [-0.1, -0.05) is 37.6 Å². The summed E-state index contributed by atoms with van der Waals surface area (Å²) >= 11 is 0. The summed E-state index contributed by atoms with van der Waals surface area (Å²) in [7, 11) is 1.68. The van der Waals surface area contributed by atoms with Crippen LogP contribution < -0.4 is 5.32 Å². The minimum atomic E-state index is -0.341. The van der Waals surface area contributed by atoms with Crippen LogP contribution in [0.15, 0.2) is 24.3 Å². The predicted molar refractivity (Wildman–Crippen MR) is 94.5 cm³/mol. The summed E-state index contributed by atoms with van der Waals surface area (Å²) in [6, 6.07) is 8.17. The molecular formula is C19H30N2O3. The van der Waals surface area contributed by atoms with Gasteiger partial charge < -0.3 is 15.2 Å². The van der Waals surface area contributed by atoms with E-state index in [2.05, 4.69) is 10.2 Å². The Bertz CT molecular complexity index is 504. The van der Waals surface area contributed by atoms with Crippen molar-refractivity contribution in [3.63, 3.8) is 0 Å². The number of methoxy groups -OCH3 is 1. The second kappa shape index (κ2) is 9.77. The lowest BCUT2D eigenvalue weighted by atomic mass is 9.96. The number of nitrogens with zero attached hydrogens (tertiary/aromatic N) is 1. The topological polar surface area (TPSA) is 61.8 Å². The van der Waals surface area contributed by atoms with Crippen molar-refractivity contribution >= 4 is 5.91 Å². The van der Waals surface area contributed by atoms with Gasteiger partial charge in [-0.15, -0.1) is 0 Å². The molecule has 0 aromatic heterocycles. The lowest BCUT2D eigenvalue weighted by Crippen LogP contribution is -2.50. The van der Waals surface area contributed by atoms with E-state index in [0.717, 1.165) is 43.4 Å². The molecule has 0 aliphatic carbocycles. The van der Waals surface area contributed by atoms with Crippen molar-refractivity contribution < 1.29 is 14.6 Å². The van der Waals surface area contributed by atoms with Crippen molar-refractivity contribution in [2.24, 2.45) is 0 Å². The molecule has 0 radical (unpaired) electrons. The summed E-state index contributed by atoms with van der Waals surface area (Å²) in [5.74, 6) is 0.0196. The third-order valence-electron chi connectivity index (χ3n) is 4.70. The summed E-state index contributed by atoms with van der Waals surface area (Å²) in [5, 5.41) is 13.1. The highest BCUT2D eigenvalue weighted by atomic mass is 16.5. The molecule has 5 heteroatoms. The number of hydrogen-bond donors (Lipinski definition) is 2. The van der Waals surface area contributed by atoms with Crippen LogP contribution in [0.3, 0.4) is 0 Å². The fourth-order valence-corrected chi connectivity index (χ4v) is 3.28. The maximum atomic E-state index is 12.3. The summed E-state index contributed by atoms with van der Waals surface area (Å²) in [5.41, 5.74) is 2.20. The second-order valence-electron chi connectivity index (χ2n) is 6.54. The van der Waals surface area contributed by atoms with E-state index in [4.69, 9.17) is 4.74 Å². The van der Waals surface area contributed by atoms with Crippen LogP contribution in [0.5, 0.6) is 0 Å². The quantitative estimate of drug-likeness (QED) is 0.764. The van der Waals surface area contributed by atoms with E-state index in [1.165, 1.54) is 0 Å². The van der Waals surface area contributed by atoms with Crippen LogP contribution in [0.25, 0.3) is 0 Å². The first-order valence-corrected chi connectivity index (χ1v) is 8.89. The maximum absolute atomic E-state index is 12.3. The number of benzene rings is 1. The van der Waals surface area contributed by atoms with Gasteiger partial charge in [-0.3, -0.25) is 9.69 Å². The Kier molecular flexibility index (Phi) is 7.69. The number of nitrogens with one attached hydrogen (secondary N) is 1. The SMILES string of the molecule is CCC(O)C1CCCCN1CC(=O)NCc1ccc(COC)cc1. The first-order chi connectivity index (χ1) is 11.6. The summed E-state index contributed by atoms with van der Waals surface area (Å²) in [4.78, 5) is 14.4. The Morgan fingerprint density at radius 3 is 2.71 bits per heavy atom. The molecule has 1 aromatic carbocycles. The van der Waals surface area contributed by atoms with Gasteiger partial charge >= 0.3 is 0 Å². The zero-order chi connectivity index (χ0) is 17.4. The third kappa shape index (κ3) is 5.58. The number of piperidine rings is 1. The molecule has 1 heterocycles. The van der Waals surface area contributed by atoms with Gasteiger partial charge in [0, 0.05) is 19.7 Å². The molecule has 2 unspecified atom stereocenters. The number of carbonyl (C=O) groups is 1. The summed E-state index contributed by atoms with van der Waals surface area (Å²) in [6.45, 7) is 4.37. The van der Waals surface area contributed by atoms with Crippen molar-refractivity contribution in [1.82, 2.24) is 10.2 Å². The number of ether oxygens (including phenoxy) is 1. The molecule has 1 fully saturated rings. The largest absolute Gasteiger partial charge is 0.392 e. The Morgan fingerprint density at radius 1 is 1.33 bits per heavy atom. The number of likely N-dealkylation sites (tertiary alicyclic amines) is 1. The lowest BCUT2D eigenvalue weighted by Gasteiger charge is -2.37. The van der Waals surface area contributed by atoms with Gasteiger partial charge in [0.1, 0.15) is 0 Å². The second-order valence-corrected chi connectivity index (χ2v) is 6.54. The lowest BCUT2D eigenvalue weighted by molar-refractivity contribution is -0.124. The fraction of sp³-hybridized carbons (Fsp3) is 0.632. The van der Waals surface area contributed by atoms with Gasteiger partial charge in [0.2, 0.25) is 5.91 Å². The van der Waals surface area contributed by atoms with Crippen LogP contribution in [0.2, 0.25) is 0 Å². The highest BCUT2D eigenvalue weighted by Gasteiger charge is 2.28. The Morgan fingerprint density at radius 2 is 2.04 bits per heavy atom. The van der Waals surface area contributed by atoms with Crippen molar-refractivity contribution in [2.75, 3.05) is 20.2 Å². The summed E-state index contributed by atoms with van der Waals surface area (Å²) in [6.07, 6.45) is 3.60. The van der Waals surface area contributed by atoms with Crippen LogP contribution >= 0.6 is 0 Å². The highest BCUT2D eigenvalue weighted by molar-refractivity contribution is 5.78. The molecule has 0 saturated carbocycles. The van der Waals surface area contributed by atoms with Gasteiger partial charge in [-0.05, 0) is 36.9 Å². The van der Waals surface area contributed by atoms with Crippen LogP contribution in [0.1, 0.15) is 43.7 Å². The maximum Gasteiger partial charge on any atom is 0.234 e. The number of carbonyl (C=O) groups excluding carboxylic acids is 1. The molecule has 1 aliphatic heterocycles. The molecule has 0 spiro atoms. The van der Waals surface area contributed by atoms with Crippen LogP contribution in [0.4, 0.5) is 0 Å². The summed E-state index contributed by atoms with van der Waals surface area (Å²) < 4.78 is 5.09. The number of hydrogen-bond acceptors (Lipinski definition) is 4. The van der Waals surface area contributed by atoms with Crippen LogP contribution in [-0.2, 0) is 22.7 Å². The molecular weight excluding hydrogens is 304 g/mol. The average molecular weight is 334 g/mol. The minimum absolute atomic E-state index is 0.0196. The van der Waals surface area contributed by atoms with Crippen molar-refractivity contribution in [2.45, 2.75) is 57.9 Å². The molecule has 134 valence electrons. The number of aliphatic hydroxyl groups excluding tert-OH is 1. The zero-order valence-corrected chi connectivity index (χ0v) is 14.8. The smallest absolute Gasteiger partial charge is 0.234 e. The molecule has 5 nitrogen and oxygen atoms in total. The zero-order valence-electron chi connectivity index (χ0n) is 14.8. The number of aliphatic hydroxyl groups is 1. The van der Waals surface area contributed by atoms with E-state index >= 15 is 0 Å². The number of rotatable bonds is 8. The molecule has 1 aromatic rings. The molecule has 24 heavy (non-hydrogen) atoms. The molecule has 2 rings (SSSR count). The van der Waals surface area contributed by atoms with Crippen molar-refractivity contribution in [3.05, 3.63) is 35.4 Å². The van der Waals surface area contributed by atoms with Gasteiger partial charge in [-0.2, -0.15) is 0 Å². The standard InChI is InChI=1S/C19H30N2O3/c1-3-18(22)17-6-4-5-11-21(17)13-19(23)20-12-15-7-9-16(10-8-15)14-24-2/h7-10,17-18,22H,3-6,11-14H2,1-2H3,(H,20,23). The van der Waals surface area contributed by atoms with Crippen LogP contribution in [0, 0.1) is 0 Å². The van der Waals surface area contributed by atoms with Crippen LogP contribution in [-0.4, -0.2) is 48.3 Å². The van der Waals surface area contributed by atoms with Gasteiger partial charge in [-0.25, -0.2) is 0 Å². The van der Waals surface area contributed by atoms with E-state index in [-0.39, 0.29) is 18.1 Å². The first-order valence-electron chi connectivity index (χ1n) is 8.89. The molecule has 1 amide bonds. The van der Waals surface area contributed by atoms with Gasteiger partial charge in [0.15, 0.2) is 0 Å². The number of amides is 1. The van der Waals surface area contributed by atoms with E-state index in [0.29, 0.717) is 19.7 Å². The highest BCUT2D eigenvalue weighted by Crippen LogP contribution is 2.20. The molecule has 1 saturated heterocycles. The fourth-order valence-electron chi connectivity index (χ4n) is 3.28. The van der Waals surface area contributed by atoms with Gasteiger partial charge in [0.25, 0.3) is 0 Å². The predicted octanol–water partition coefficient (Wildman–Crippen LogP) is 2.07. The Balaban J connectivity index is 1.81. The Hall–Kier alpha value is -1.43. The van der Waals surface area contributed by atoms with E-state index in [1.54, 1.807) is 7.11 Å². The van der Waals surface area contributed by atoms with E-state index < -0.39 is 0 Å². The molecule has 2 atom stereocenters. The van der Waals surface area contributed by atoms with Crippen molar-refractivity contribution in [1.29, 1.82) is 0 Å². The third-order valence-corrected chi connectivity index (χ3v) is 4.70. The minimum Gasteiger partial charge on any atom is -0.392 e. The average Bonchev–Trinajstić information content (AvgIpc) is 2.61. The first kappa shape index (κ1) is 18.9. The monoisotopic (exact) mass is 334 g/mol. The molecule has 1 aliphatic rings.